The van der Waals surface area contributed by atoms with Crippen molar-refractivity contribution in [1.29, 1.82) is 0 Å². The maximum atomic E-state index is 11.1. The van der Waals surface area contributed by atoms with Gasteiger partial charge < -0.3 is 4.74 Å². The molecule has 1 aromatic carbocycles. The molecule has 0 amide bonds. The molecule has 1 rings (SSSR count). The number of carbonyl (C=O) groups is 1. The molecule has 0 aliphatic heterocycles. The van der Waals surface area contributed by atoms with Crippen molar-refractivity contribution < 1.29 is 14.5 Å². The van der Waals surface area contributed by atoms with E-state index in [2.05, 4.69) is 4.74 Å². The molecule has 0 aliphatic rings. The van der Waals surface area contributed by atoms with E-state index in [0.717, 1.165) is 0 Å². The maximum absolute atomic E-state index is 11.1. The van der Waals surface area contributed by atoms with Crippen LogP contribution in [0.5, 0.6) is 0 Å². The Morgan fingerprint density at radius 1 is 1.61 bits per heavy atom. The van der Waals surface area contributed by atoms with Crippen LogP contribution < -0.4 is 0 Å². The van der Waals surface area contributed by atoms with Crippen molar-refractivity contribution >= 4 is 35.0 Å². The number of hydrogen-bond donors (Lipinski definition) is 0. The lowest BCUT2D eigenvalue weighted by Crippen LogP contribution is -2.08. The molecule has 0 saturated heterocycles. The number of ether oxygens (including phenoxy) is 1. The van der Waals surface area contributed by atoms with Crippen molar-refractivity contribution in [2.45, 2.75) is 23.5 Å². The van der Waals surface area contributed by atoms with Gasteiger partial charge in [0.1, 0.15) is 4.90 Å². The summed E-state index contributed by atoms with van der Waals surface area (Å²) >= 11 is 7.14. The lowest BCUT2D eigenvalue weighted by molar-refractivity contribution is -0.387. The van der Waals surface area contributed by atoms with Gasteiger partial charge in [0, 0.05) is 11.3 Å². The lowest BCUT2D eigenvalue weighted by Gasteiger charge is -2.11. The van der Waals surface area contributed by atoms with Gasteiger partial charge in [-0.15, -0.1) is 11.8 Å². The van der Waals surface area contributed by atoms with Gasteiger partial charge in [0.15, 0.2) is 0 Å². The van der Waals surface area contributed by atoms with Gasteiger partial charge in [0.2, 0.25) is 0 Å². The zero-order chi connectivity index (χ0) is 13.7. The standard InChI is InChI=1S/C11H12ClNO4S/c1-7(6-10(14)17-2)18-11-8(12)4-3-5-9(11)13(15)16/h3-5,7H,6H2,1-2H3. The Morgan fingerprint density at radius 2 is 2.28 bits per heavy atom. The highest BCUT2D eigenvalue weighted by molar-refractivity contribution is 8.00. The summed E-state index contributed by atoms with van der Waals surface area (Å²) in [6.45, 7) is 1.79. The Balaban J connectivity index is 2.89. The number of halogens is 1. The molecule has 98 valence electrons. The fraction of sp³-hybridized carbons (Fsp3) is 0.364. The number of nitro groups is 1. The van der Waals surface area contributed by atoms with Crippen molar-refractivity contribution in [3.8, 4) is 0 Å². The molecule has 0 fully saturated rings. The number of benzene rings is 1. The van der Waals surface area contributed by atoms with E-state index in [4.69, 9.17) is 11.6 Å². The number of nitrogens with zero attached hydrogens (tertiary/aromatic N) is 1. The van der Waals surface area contributed by atoms with Crippen molar-refractivity contribution in [3.05, 3.63) is 33.3 Å². The van der Waals surface area contributed by atoms with Crippen molar-refractivity contribution in [3.63, 3.8) is 0 Å². The number of nitro benzene ring substituents is 1. The van der Waals surface area contributed by atoms with Crippen LogP contribution in [0.1, 0.15) is 13.3 Å². The van der Waals surface area contributed by atoms with Gasteiger partial charge in [-0.2, -0.15) is 0 Å². The summed E-state index contributed by atoms with van der Waals surface area (Å²) in [5, 5.41) is 11.0. The molecule has 1 aromatic rings. The Morgan fingerprint density at radius 3 is 2.83 bits per heavy atom. The van der Waals surface area contributed by atoms with Crippen molar-refractivity contribution in [1.82, 2.24) is 0 Å². The minimum atomic E-state index is -0.487. The molecule has 0 spiro atoms. The second-order valence-corrected chi connectivity index (χ2v) is 5.41. The highest BCUT2D eigenvalue weighted by atomic mass is 35.5. The number of thioether (sulfide) groups is 1. The number of hydrogen-bond acceptors (Lipinski definition) is 5. The number of esters is 1. The molecule has 0 heterocycles. The zero-order valence-corrected chi connectivity index (χ0v) is 11.5. The topological polar surface area (TPSA) is 69.4 Å². The predicted molar refractivity (Wildman–Crippen MR) is 70.1 cm³/mol. The van der Waals surface area contributed by atoms with Crippen LogP contribution >= 0.6 is 23.4 Å². The van der Waals surface area contributed by atoms with Crippen LogP contribution in [0, 0.1) is 10.1 Å². The predicted octanol–water partition coefficient (Wildman–Crippen LogP) is 3.29. The maximum Gasteiger partial charge on any atom is 0.306 e. The average molecular weight is 290 g/mol. The van der Waals surface area contributed by atoms with Crippen LogP contribution in [0.15, 0.2) is 23.1 Å². The van der Waals surface area contributed by atoms with E-state index in [1.54, 1.807) is 13.0 Å². The molecule has 1 atom stereocenters. The highest BCUT2D eigenvalue weighted by Crippen LogP contribution is 2.38. The van der Waals surface area contributed by atoms with E-state index >= 15 is 0 Å². The first kappa shape index (κ1) is 14.8. The first-order valence-corrected chi connectivity index (χ1v) is 6.37. The summed E-state index contributed by atoms with van der Waals surface area (Å²) in [6, 6.07) is 4.50. The van der Waals surface area contributed by atoms with Crippen LogP contribution in [0.3, 0.4) is 0 Å². The van der Waals surface area contributed by atoms with Gasteiger partial charge in [-0.05, 0) is 6.07 Å². The van der Waals surface area contributed by atoms with E-state index in [1.165, 1.54) is 31.0 Å². The van der Waals surface area contributed by atoms with Crippen LogP contribution in [-0.4, -0.2) is 23.3 Å². The van der Waals surface area contributed by atoms with Crippen LogP contribution in [0.2, 0.25) is 5.02 Å². The molecule has 18 heavy (non-hydrogen) atoms. The number of methoxy groups -OCH3 is 1. The quantitative estimate of drug-likeness (QED) is 0.360. The van der Waals surface area contributed by atoms with Crippen LogP contribution in [-0.2, 0) is 9.53 Å². The van der Waals surface area contributed by atoms with Crippen LogP contribution in [0.4, 0.5) is 5.69 Å². The summed E-state index contributed by atoms with van der Waals surface area (Å²) in [5.41, 5.74) is -0.0517. The van der Waals surface area contributed by atoms with E-state index in [9.17, 15) is 14.9 Å². The summed E-state index contributed by atoms with van der Waals surface area (Å²) in [6.07, 6.45) is 0.170. The first-order valence-electron chi connectivity index (χ1n) is 5.12. The molecular formula is C11H12ClNO4S. The summed E-state index contributed by atoms with van der Waals surface area (Å²) in [7, 11) is 1.30. The Labute approximate surface area is 114 Å². The highest BCUT2D eigenvalue weighted by Gasteiger charge is 2.20. The SMILES string of the molecule is COC(=O)CC(C)Sc1c(Cl)cccc1[N+](=O)[O-]. The molecule has 0 bridgehead atoms. The fourth-order valence-corrected chi connectivity index (χ4v) is 2.69. The number of rotatable bonds is 5. The lowest BCUT2D eigenvalue weighted by atomic mass is 10.3. The third-order valence-corrected chi connectivity index (χ3v) is 3.80. The smallest absolute Gasteiger partial charge is 0.306 e. The van der Waals surface area contributed by atoms with Crippen LogP contribution in [0.25, 0.3) is 0 Å². The normalized spacial score (nSPS) is 11.9. The van der Waals surface area contributed by atoms with Gasteiger partial charge in [-0.25, -0.2) is 0 Å². The molecule has 1 unspecified atom stereocenters. The van der Waals surface area contributed by atoms with Crippen molar-refractivity contribution in [2.24, 2.45) is 0 Å². The third kappa shape index (κ3) is 3.89. The van der Waals surface area contributed by atoms with E-state index in [0.29, 0.717) is 9.92 Å². The molecular weight excluding hydrogens is 278 g/mol. The minimum Gasteiger partial charge on any atom is -0.469 e. The monoisotopic (exact) mass is 289 g/mol. The van der Waals surface area contributed by atoms with Gasteiger partial charge >= 0.3 is 5.97 Å². The summed E-state index contributed by atoms with van der Waals surface area (Å²) < 4.78 is 4.55. The summed E-state index contributed by atoms with van der Waals surface area (Å²) in [5.74, 6) is -0.357. The van der Waals surface area contributed by atoms with E-state index in [-0.39, 0.29) is 23.3 Å². The molecule has 7 heteroatoms. The van der Waals surface area contributed by atoms with Gasteiger partial charge in [0.05, 0.1) is 23.5 Å². The second-order valence-electron chi connectivity index (χ2n) is 3.55. The van der Waals surface area contributed by atoms with Crippen molar-refractivity contribution in [2.75, 3.05) is 7.11 Å². The first-order chi connectivity index (χ1) is 8.45. The average Bonchev–Trinajstić information content (AvgIpc) is 2.31. The molecule has 0 saturated carbocycles. The molecule has 0 aromatic heterocycles. The van der Waals surface area contributed by atoms with Gasteiger partial charge in [-0.3, -0.25) is 14.9 Å². The number of carbonyl (C=O) groups excluding carboxylic acids is 1. The molecule has 0 N–H and O–H groups in total. The third-order valence-electron chi connectivity index (χ3n) is 2.14. The second kappa shape index (κ2) is 6.61. The molecule has 0 radical (unpaired) electrons. The molecule has 0 aliphatic carbocycles. The Kier molecular flexibility index (Phi) is 5.43. The van der Waals surface area contributed by atoms with E-state index < -0.39 is 4.92 Å². The van der Waals surface area contributed by atoms with Gasteiger partial charge in [0.25, 0.3) is 5.69 Å². The summed E-state index contributed by atoms with van der Waals surface area (Å²) in [4.78, 5) is 21.9. The fourth-order valence-electron chi connectivity index (χ4n) is 1.32. The minimum absolute atomic E-state index is 0.0517. The zero-order valence-electron chi connectivity index (χ0n) is 9.88. The van der Waals surface area contributed by atoms with E-state index in [1.807, 2.05) is 0 Å². The largest absolute Gasteiger partial charge is 0.469 e. The van der Waals surface area contributed by atoms with Gasteiger partial charge in [-0.1, -0.05) is 24.6 Å². The Hall–Kier alpha value is -1.27. The Bertz CT molecular complexity index is 466. The molecule has 5 nitrogen and oxygen atoms in total.